The third-order valence-corrected chi connectivity index (χ3v) is 7.67. The van der Waals surface area contributed by atoms with Crippen molar-refractivity contribution in [2.24, 2.45) is 0 Å². The standard InChI is InChI=1S/C25H33N3O3S/c1-16-17(2)23(31-11-10-30-4)8-7-22(16)18(3)27-14-21-12-20(27)15-28(21)25(29)19-6-9-24(32-5)26-13-19/h6-9,13,18,20-21H,10-12,14-15H2,1-5H3/t18-,20-,21-/m0/s1. The van der Waals surface area contributed by atoms with Crippen molar-refractivity contribution in [3.8, 4) is 5.75 Å². The number of pyridine rings is 1. The molecular weight excluding hydrogens is 422 g/mol. The van der Waals surface area contributed by atoms with E-state index in [2.05, 4.69) is 47.7 Å². The van der Waals surface area contributed by atoms with Crippen molar-refractivity contribution in [3.63, 3.8) is 0 Å². The first-order chi connectivity index (χ1) is 15.4. The summed E-state index contributed by atoms with van der Waals surface area (Å²) in [6, 6.07) is 9.08. The zero-order valence-electron chi connectivity index (χ0n) is 19.6. The lowest BCUT2D eigenvalue weighted by Crippen LogP contribution is -2.49. The molecule has 0 saturated carbocycles. The number of fused-ring (bicyclic) bond motifs is 2. The summed E-state index contributed by atoms with van der Waals surface area (Å²) in [7, 11) is 1.68. The number of thioether (sulfide) groups is 1. The Balaban J connectivity index is 1.43. The van der Waals surface area contributed by atoms with Crippen LogP contribution in [0.25, 0.3) is 0 Å². The lowest BCUT2D eigenvalue weighted by atomic mass is 9.96. The Bertz CT molecular complexity index is 966. The fourth-order valence-electron chi connectivity index (χ4n) is 5.05. The average molecular weight is 456 g/mol. The van der Waals surface area contributed by atoms with E-state index in [9.17, 15) is 4.79 Å². The normalized spacial score (nSPS) is 21.2. The summed E-state index contributed by atoms with van der Waals surface area (Å²) in [6.45, 7) is 9.43. The minimum atomic E-state index is 0.106. The van der Waals surface area contributed by atoms with Gasteiger partial charge in [-0.3, -0.25) is 9.69 Å². The summed E-state index contributed by atoms with van der Waals surface area (Å²) in [5, 5.41) is 0.935. The van der Waals surface area contributed by atoms with Gasteiger partial charge in [0.25, 0.3) is 5.91 Å². The van der Waals surface area contributed by atoms with Crippen LogP contribution in [0.2, 0.25) is 0 Å². The summed E-state index contributed by atoms with van der Waals surface area (Å²) < 4.78 is 11.0. The summed E-state index contributed by atoms with van der Waals surface area (Å²) >= 11 is 1.59. The summed E-state index contributed by atoms with van der Waals surface area (Å²) in [6.07, 6.45) is 4.75. The van der Waals surface area contributed by atoms with Crippen LogP contribution in [0, 0.1) is 13.8 Å². The number of carbonyl (C=O) groups excluding carboxylic acids is 1. The van der Waals surface area contributed by atoms with Crippen molar-refractivity contribution in [3.05, 3.63) is 52.7 Å². The zero-order chi connectivity index (χ0) is 22.8. The number of ether oxygens (including phenoxy) is 2. The number of carbonyl (C=O) groups is 1. The third kappa shape index (κ3) is 4.38. The van der Waals surface area contributed by atoms with E-state index >= 15 is 0 Å². The van der Waals surface area contributed by atoms with Crippen LogP contribution in [0.3, 0.4) is 0 Å². The fraction of sp³-hybridized carbons (Fsp3) is 0.520. The van der Waals surface area contributed by atoms with Gasteiger partial charge in [0.1, 0.15) is 12.4 Å². The minimum absolute atomic E-state index is 0.106. The van der Waals surface area contributed by atoms with Gasteiger partial charge in [-0.05, 0) is 68.3 Å². The molecule has 172 valence electrons. The monoisotopic (exact) mass is 455 g/mol. The molecule has 2 saturated heterocycles. The number of amides is 1. The number of rotatable bonds is 8. The van der Waals surface area contributed by atoms with E-state index in [4.69, 9.17) is 9.47 Å². The quantitative estimate of drug-likeness (QED) is 0.441. The van der Waals surface area contributed by atoms with E-state index in [1.807, 2.05) is 18.4 Å². The van der Waals surface area contributed by atoms with Gasteiger partial charge >= 0.3 is 0 Å². The average Bonchev–Trinajstić information content (AvgIpc) is 3.42. The number of likely N-dealkylation sites (tertiary alicyclic amines) is 2. The molecule has 2 bridgehead atoms. The number of hydrogen-bond donors (Lipinski definition) is 0. The summed E-state index contributed by atoms with van der Waals surface area (Å²) in [4.78, 5) is 22.1. The largest absolute Gasteiger partial charge is 0.491 e. The third-order valence-electron chi connectivity index (χ3n) is 7.01. The molecule has 0 spiro atoms. The van der Waals surface area contributed by atoms with Crippen molar-refractivity contribution >= 4 is 17.7 Å². The van der Waals surface area contributed by atoms with E-state index in [1.54, 1.807) is 25.1 Å². The number of benzene rings is 1. The van der Waals surface area contributed by atoms with E-state index in [1.165, 1.54) is 16.7 Å². The van der Waals surface area contributed by atoms with Gasteiger partial charge in [0, 0.05) is 44.5 Å². The summed E-state index contributed by atoms with van der Waals surface area (Å²) in [5.41, 5.74) is 4.49. The first-order valence-electron chi connectivity index (χ1n) is 11.2. The Labute approximate surface area is 195 Å². The molecule has 7 heteroatoms. The predicted molar refractivity (Wildman–Crippen MR) is 128 cm³/mol. The first-order valence-corrected chi connectivity index (χ1v) is 12.5. The van der Waals surface area contributed by atoms with Crippen LogP contribution >= 0.6 is 11.8 Å². The van der Waals surface area contributed by atoms with Crippen LogP contribution < -0.4 is 4.74 Å². The number of hydrogen-bond acceptors (Lipinski definition) is 6. The minimum Gasteiger partial charge on any atom is -0.491 e. The maximum absolute atomic E-state index is 13.1. The number of nitrogens with zero attached hydrogens (tertiary/aromatic N) is 3. The van der Waals surface area contributed by atoms with Crippen molar-refractivity contribution in [2.75, 3.05) is 39.7 Å². The molecule has 1 aromatic carbocycles. The van der Waals surface area contributed by atoms with Crippen LogP contribution in [0.1, 0.15) is 46.4 Å². The predicted octanol–water partition coefficient (Wildman–Crippen LogP) is 4.11. The molecule has 2 aromatic rings. The zero-order valence-corrected chi connectivity index (χ0v) is 20.4. The molecule has 2 fully saturated rings. The Morgan fingerprint density at radius 1 is 1.16 bits per heavy atom. The molecule has 0 aliphatic carbocycles. The van der Waals surface area contributed by atoms with Crippen molar-refractivity contribution < 1.29 is 14.3 Å². The van der Waals surface area contributed by atoms with Gasteiger partial charge in [-0.1, -0.05) is 6.07 Å². The second-order valence-corrected chi connectivity index (χ2v) is 9.53. The molecule has 2 aliphatic heterocycles. The molecule has 4 rings (SSSR count). The molecule has 3 heterocycles. The van der Waals surface area contributed by atoms with Crippen LogP contribution in [0.5, 0.6) is 5.75 Å². The molecule has 0 N–H and O–H groups in total. The Morgan fingerprint density at radius 3 is 2.59 bits per heavy atom. The van der Waals surface area contributed by atoms with Gasteiger partial charge in [0.05, 0.1) is 17.2 Å². The second-order valence-electron chi connectivity index (χ2n) is 8.71. The highest BCUT2D eigenvalue weighted by molar-refractivity contribution is 7.98. The van der Waals surface area contributed by atoms with Gasteiger partial charge in [0.15, 0.2) is 0 Å². The topological polar surface area (TPSA) is 54.9 Å². The molecular formula is C25H33N3O3S. The van der Waals surface area contributed by atoms with Gasteiger partial charge in [-0.15, -0.1) is 11.8 Å². The summed E-state index contributed by atoms with van der Waals surface area (Å²) in [5.74, 6) is 1.03. The number of methoxy groups -OCH3 is 1. The molecule has 1 aromatic heterocycles. The van der Waals surface area contributed by atoms with Crippen LogP contribution in [-0.2, 0) is 4.74 Å². The highest BCUT2D eigenvalue weighted by Gasteiger charge is 2.47. The lowest BCUT2D eigenvalue weighted by Gasteiger charge is -2.38. The maximum Gasteiger partial charge on any atom is 0.255 e. The molecule has 3 atom stereocenters. The Morgan fingerprint density at radius 2 is 1.97 bits per heavy atom. The van der Waals surface area contributed by atoms with E-state index < -0.39 is 0 Å². The molecule has 2 aliphatic rings. The SMILES string of the molecule is COCCOc1ccc([C@H](C)N2C[C@@H]3C[C@H]2CN3C(=O)c2ccc(SC)nc2)c(C)c1C. The number of piperazine rings is 1. The molecule has 1 amide bonds. The molecule has 0 radical (unpaired) electrons. The maximum atomic E-state index is 13.1. The highest BCUT2D eigenvalue weighted by Crippen LogP contribution is 2.39. The van der Waals surface area contributed by atoms with Gasteiger partial charge in [0.2, 0.25) is 0 Å². The highest BCUT2D eigenvalue weighted by atomic mass is 32.2. The molecule has 6 nitrogen and oxygen atoms in total. The van der Waals surface area contributed by atoms with Gasteiger partial charge < -0.3 is 14.4 Å². The van der Waals surface area contributed by atoms with E-state index in [0.717, 1.165) is 30.3 Å². The van der Waals surface area contributed by atoms with E-state index in [0.29, 0.717) is 30.9 Å². The van der Waals surface area contributed by atoms with E-state index in [-0.39, 0.29) is 11.9 Å². The van der Waals surface area contributed by atoms with Crippen molar-refractivity contribution in [2.45, 2.75) is 50.3 Å². The molecule has 0 unspecified atom stereocenters. The van der Waals surface area contributed by atoms with Crippen LogP contribution in [-0.4, -0.2) is 72.4 Å². The van der Waals surface area contributed by atoms with Crippen molar-refractivity contribution in [1.29, 1.82) is 0 Å². The Hall–Kier alpha value is -2.09. The second kappa shape index (κ2) is 9.81. The molecule has 32 heavy (non-hydrogen) atoms. The number of aromatic nitrogens is 1. The van der Waals surface area contributed by atoms with Crippen LogP contribution in [0.4, 0.5) is 0 Å². The Kier molecular flexibility index (Phi) is 7.08. The van der Waals surface area contributed by atoms with Gasteiger partial charge in [-0.25, -0.2) is 4.98 Å². The fourth-order valence-corrected chi connectivity index (χ4v) is 5.42. The lowest BCUT2D eigenvalue weighted by molar-refractivity contribution is 0.0568. The van der Waals surface area contributed by atoms with Crippen molar-refractivity contribution in [1.82, 2.24) is 14.8 Å². The van der Waals surface area contributed by atoms with Crippen LogP contribution in [0.15, 0.2) is 35.5 Å². The smallest absolute Gasteiger partial charge is 0.255 e. The van der Waals surface area contributed by atoms with Gasteiger partial charge in [-0.2, -0.15) is 0 Å². The first kappa shape index (κ1) is 23.1.